The molecule has 8 heteroatoms. The molecule has 1 saturated heterocycles. The first-order valence-corrected chi connectivity index (χ1v) is 8.80. The lowest BCUT2D eigenvalue weighted by molar-refractivity contribution is 0.0894. The number of rotatable bonds is 2. The van der Waals surface area contributed by atoms with Crippen molar-refractivity contribution < 1.29 is 18.3 Å². The third kappa shape index (κ3) is 2.92. The Balaban J connectivity index is 1.78. The van der Waals surface area contributed by atoms with Gasteiger partial charge in [0.05, 0.1) is 17.0 Å². The highest BCUT2D eigenvalue weighted by atomic mass is 32.2. The smallest absolute Gasteiger partial charge is 0.272 e. The largest absolute Gasteiger partial charge is 0.508 e. The van der Waals surface area contributed by atoms with E-state index in [4.69, 9.17) is 0 Å². The van der Waals surface area contributed by atoms with Crippen LogP contribution in [0.2, 0.25) is 0 Å². The Morgan fingerprint density at radius 1 is 1.36 bits per heavy atom. The first-order valence-electron chi connectivity index (χ1n) is 6.98. The first-order chi connectivity index (χ1) is 10.3. The van der Waals surface area contributed by atoms with Crippen molar-refractivity contribution in [3.8, 4) is 5.75 Å². The van der Waals surface area contributed by atoms with E-state index in [2.05, 4.69) is 10.4 Å². The van der Waals surface area contributed by atoms with Crippen LogP contribution in [0.25, 0.3) is 5.52 Å². The van der Waals surface area contributed by atoms with Gasteiger partial charge in [0.1, 0.15) is 15.6 Å². The Kier molecular flexibility index (Phi) is 3.36. The van der Waals surface area contributed by atoms with Gasteiger partial charge in [0.2, 0.25) is 0 Å². The lowest BCUT2D eigenvalue weighted by Gasteiger charge is -2.34. The summed E-state index contributed by atoms with van der Waals surface area (Å²) in [5, 5.41) is 16.5. The minimum absolute atomic E-state index is 0.0861. The molecule has 0 bridgehead atoms. The summed E-state index contributed by atoms with van der Waals surface area (Å²) in [6.45, 7) is 1.85. The highest BCUT2D eigenvalue weighted by Crippen LogP contribution is 2.24. The number of amides is 1. The van der Waals surface area contributed by atoms with E-state index in [0.29, 0.717) is 18.4 Å². The molecule has 0 spiro atoms. The van der Waals surface area contributed by atoms with E-state index in [0.717, 1.165) is 0 Å². The van der Waals surface area contributed by atoms with Crippen LogP contribution in [-0.2, 0) is 9.84 Å². The van der Waals surface area contributed by atoms with Crippen molar-refractivity contribution in [2.75, 3.05) is 11.5 Å². The van der Waals surface area contributed by atoms with E-state index in [-0.39, 0.29) is 28.9 Å². The van der Waals surface area contributed by atoms with Gasteiger partial charge < -0.3 is 10.4 Å². The summed E-state index contributed by atoms with van der Waals surface area (Å²) in [5.41, 5.74) is 0.308. The fourth-order valence-electron chi connectivity index (χ4n) is 2.55. The highest BCUT2D eigenvalue weighted by Gasteiger charge is 2.35. The summed E-state index contributed by atoms with van der Waals surface area (Å²) in [6, 6.07) is 4.58. The molecule has 0 atom stereocenters. The minimum atomic E-state index is -2.98. The van der Waals surface area contributed by atoms with Crippen LogP contribution >= 0.6 is 0 Å². The highest BCUT2D eigenvalue weighted by molar-refractivity contribution is 7.91. The maximum atomic E-state index is 12.3. The van der Waals surface area contributed by atoms with Crippen molar-refractivity contribution in [1.29, 1.82) is 0 Å². The SMILES string of the molecule is CC1(NC(=O)c2cc3cc(O)ccn3n2)CCS(=O)(=O)CC1. The van der Waals surface area contributed by atoms with Crippen LogP contribution < -0.4 is 5.32 Å². The second-order valence-electron chi connectivity index (χ2n) is 5.95. The molecular formula is C14H17N3O4S. The monoisotopic (exact) mass is 323 g/mol. The van der Waals surface area contributed by atoms with Gasteiger partial charge in [0.25, 0.3) is 5.91 Å². The molecule has 22 heavy (non-hydrogen) atoms. The number of pyridine rings is 1. The zero-order chi connectivity index (χ0) is 16.0. The second kappa shape index (κ2) is 4.98. The summed E-state index contributed by atoms with van der Waals surface area (Å²) >= 11 is 0. The Hall–Kier alpha value is -2.09. The predicted octanol–water partition coefficient (Wildman–Crippen LogP) is 0.737. The average molecular weight is 323 g/mol. The summed E-state index contributed by atoms with van der Waals surface area (Å²) in [7, 11) is -2.98. The summed E-state index contributed by atoms with van der Waals surface area (Å²) in [4.78, 5) is 12.3. The molecule has 0 aliphatic carbocycles. The van der Waals surface area contributed by atoms with E-state index in [1.807, 2.05) is 6.92 Å². The molecule has 1 aliphatic rings. The standard InChI is InChI=1S/C14H17N3O4S/c1-14(3-6-22(20,21)7-4-14)15-13(19)12-9-10-8-11(18)2-5-17(10)16-12/h2,5,8-9,18H,3-4,6-7H2,1H3,(H,15,19). The lowest BCUT2D eigenvalue weighted by Crippen LogP contribution is -2.51. The van der Waals surface area contributed by atoms with Gasteiger partial charge in [0.15, 0.2) is 5.69 Å². The number of nitrogens with zero attached hydrogens (tertiary/aromatic N) is 2. The minimum Gasteiger partial charge on any atom is -0.508 e. The Labute approximate surface area is 127 Å². The van der Waals surface area contributed by atoms with Crippen LogP contribution in [0.3, 0.4) is 0 Å². The number of nitrogens with one attached hydrogen (secondary N) is 1. The van der Waals surface area contributed by atoms with E-state index in [1.165, 1.54) is 16.6 Å². The molecular weight excluding hydrogens is 306 g/mol. The predicted molar refractivity (Wildman–Crippen MR) is 80.6 cm³/mol. The third-order valence-electron chi connectivity index (χ3n) is 4.02. The molecule has 0 unspecified atom stereocenters. The summed E-state index contributed by atoms with van der Waals surface area (Å²) < 4.78 is 24.5. The third-order valence-corrected chi connectivity index (χ3v) is 5.68. The number of hydrogen-bond donors (Lipinski definition) is 2. The molecule has 118 valence electrons. The van der Waals surface area contributed by atoms with Gasteiger partial charge in [0, 0.05) is 17.8 Å². The number of aromatic hydroxyl groups is 1. The first kappa shape index (κ1) is 14.8. The average Bonchev–Trinajstić information content (AvgIpc) is 2.86. The number of hydrogen-bond acceptors (Lipinski definition) is 5. The molecule has 2 aromatic heterocycles. The molecule has 3 heterocycles. The van der Waals surface area contributed by atoms with E-state index >= 15 is 0 Å². The number of aromatic nitrogens is 2. The van der Waals surface area contributed by atoms with Crippen molar-refractivity contribution >= 4 is 21.3 Å². The lowest BCUT2D eigenvalue weighted by atomic mass is 9.94. The topological polar surface area (TPSA) is 101 Å². The van der Waals surface area contributed by atoms with Crippen molar-refractivity contribution in [2.24, 2.45) is 0 Å². The van der Waals surface area contributed by atoms with Crippen LogP contribution in [0.4, 0.5) is 0 Å². The summed E-state index contributed by atoms with van der Waals surface area (Å²) in [6.07, 6.45) is 2.36. The van der Waals surface area contributed by atoms with Crippen molar-refractivity contribution in [2.45, 2.75) is 25.3 Å². The maximum Gasteiger partial charge on any atom is 0.272 e. The Morgan fingerprint density at radius 3 is 2.73 bits per heavy atom. The summed E-state index contributed by atoms with van der Waals surface area (Å²) in [5.74, 6) is -0.0696. The quantitative estimate of drug-likeness (QED) is 0.849. The molecule has 1 aliphatic heterocycles. The molecule has 0 saturated carbocycles. The van der Waals surface area contributed by atoms with Crippen molar-refractivity contribution in [3.05, 3.63) is 30.1 Å². The fraction of sp³-hybridized carbons (Fsp3) is 0.429. The van der Waals surface area contributed by atoms with Crippen molar-refractivity contribution in [3.63, 3.8) is 0 Å². The van der Waals surface area contributed by atoms with E-state index in [9.17, 15) is 18.3 Å². The van der Waals surface area contributed by atoms with Gasteiger partial charge >= 0.3 is 0 Å². The number of carbonyl (C=O) groups is 1. The van der Waals surface area contributed by atoms with Gasteiger partial charge in [-0.2, -0.15) is 5.10 Å². The zero-order valence-electron chi connectivity index (χ0n) is 12.1. The van der Waals surface area contributed by atoms with Gasteiger partial charge in [-0.3, -0.25) is 4.79 Å². The number of sulfone groups is 1. The molecule has 7 nitrogen and oxygen atoms in total. The zero-order valence-corrected chi connectivity index (χ0v) is 12.9. The molecule has 1 amide bonds. The fourth-order valence-corrected chi connectivity index (χ4v) is 4.27. The normalized spacial score (nSPS) is 19.9. The van der Waals surface area contributed by atoms with E-state index in [1.54, 1.807) is 12.3 Å². The van der Waals surface area contributed by atoms with Crippen LogP contribution in [0.1, 0.15) is 30.3 Å². The molecule has 0 radical (unpaired) electrons. The van der Waals surface area contributed by atoms with E-state index < -0.39 is 15.4 Å². The van der Waals surface area contributed by atoms with Crippen LogP contribution in [0.15, 0.2) is 24.4 Å². The van der Waals surface area contributed by atoms with Gasteiger partial charge in [-0.1, -0.05) is 0 Å². The molecule has 0 aromatic carbocycles. The molecule has 1 fully saturated rings. The Bertz CT molecular complexity index is 827. The maximum absolute atomic E-state index is 12.3. The number of fused-ring (bicyclic) bond motifs is 1. The van der Waals surface area contributed by atoms with Crippen molar-refractivity contribution in [1.82, 2.24) is 14.9 Å². The van der Waals surface area contributed by atoms with Gasteiger partial charge in [-0.25, -0.2) is 12.9 Å². The second-order valence-corrected chi connectivity index (χ2v) is 8.25. The number of carbonyl (C=O) groups excluding carboxylic acids is 1. The Morgan fingerprint density at radius 2 is 2.05 bits per heavy atom. The van der Waals surface area contributed by atoms with Crippen LogP contribution in [-0.4, -0.2) is 46.1 Å². The van der Waals surface area contributed by atoms with Crippen LogP contribution in [0, 0.1) is 0 Å². The molecule has 2 aromatic rings. The van der Waals surface area contributed by atoms with Gasteiger partial charge in [-0.15, -0.1) is 0 Å². The van der Waals surface area contributed by atoms with Crippen LogP contribution in [0.5, 0.6) is 5.75 Å². The molecule has 3 rings (SSSR count). The molecule has 2 N–H and O–H groups in total. The van der Waals surface area contributed by atoms with Gasteiger partial charge in [-0.05, 0) is 31.9 Å².